The lowest BCUT2D eigenvalue weighted by Gasteiger charge is -2.46. The molecule has 4 aliphatic rings. The molecule has 27 heteroatoms. The Morgan fingerprint density at radius 1 is 0.704 bits per heavy atom. The number of ether oxygens (including phenoxy) is 8. The monoisotopic (exact) mass is 1140 g/mol. The van der Waals surface area contributed by atoms with Gasteiger partial charge in [-0.3, -0.25) is 19.3 Å². The zero-order valence-corrected chi connectivity index (χ0v) is 42.7. The van der Waals surface area contributed by atoms with Gasteiger partial charge in [-0.25, -0.2) is 4.79 Å². The summed E-state index contributed by atoms with van der Waals surface area (Å²) in [5.74, 6) is -4.95. The Kier molecular flexibility index (Phi) is 17.0. The number of amides is 1. The number of anilines is 1. The number of esters is 2. The molecule has 81 heavy (non-hydrogen) atoms. The molecule has 27 nitrogen and oxygen atoms in total. The number of methoxy groups -OCH3 is 2. The summed E-state index contributed by atoms with van der Waals surface area (Å²) in [7, 11) is 2.46. The van der Waals surface area contributed by atoms with Crippen LogP contribution in [0.2, 0.25) is 0 Å². The molecule has 434 valence electrons. The topological polar surface area (TPSA) is 421 Å². The van der Waals surface area contributed by atoms with E-state index in [1.54, 1.807) is 0 Å². The molecule has 0 spiro atoms. The van der Waals surface area contributed by atoms with Gasteiger partial charge in [0.05, 0.1) is 38.5 Å². The SMILES string of the molecule is COc1cc(/C=C/C(=O)OC[C@H]2O[C@@H](O[C@@H]3[C@@H](O)[C@H](O)[C@@H](COC(=O)C[C@@]4(O)C(=O)N([C@@H]5O[C@H](CO)[C@@H](O)[C@H](O)[C@H]5O)c5ccccc54)O[C@H]3c3c(OC)cc4oc(-c5ccc(O)cc5)cc(=O)c4c3O)[C@H](O)[C@@H](O)[C@@H]2O)ccc1O. The van der Waals surface area contributed by atoms with Crippen molar-refractivity contribution in [3.05, 3.63) is 112 Å². The number of phenolic OH excluding ortho intramolecular Hbond substituents is 3. The summed E-state index contributed by atoms with van der Waals surface area (Å²) < 4.78 is 51.2. The summed E-state index contributed by atoms with van der Waals surface area (Å²) in [5, 5.41) is 142. The van der Waals surface area contributed by atoms with Crippen molar-refractivity contribution in [1.29, 1.82) is 0 Å². The van der Waals surface area contributed by atoms with E-state index in [4.69, 9.17) is 42.3 Å². The minimum Gasteiger partial charge on any atom is -0.508 e. The fraction of sp³-hybridized carbons (Fsp3) is 0.407. The van der Waals surface area contributed by atoms with Crippen molar-refractivity contribution in [2.75, 3.05) is 38.9 Å². The van der Waals surface area contributed by atoms with Crippen molar-refractivity contribution >= 4 is 40.6 Å². The molecule has 0 saturated carbocycles. The molecule has 13 N–H and O–H groups in total. The number of para-hydroxylation sites is 1. The molecule has 3 saturated heterocycles. The van der Waals surface area contributed by atoms with E-state index >= 15 is 0 Å². The van der Waals surface area contributed by atoms with Gasteiger partial charge in [0.15, 0.2) is 35.0 Å². The van der Waals surface area contributed by atoms with E-state index in [9.17, 15) is 85.6 Å². The highest BCUT2D eigenvalue weighted by Gasteiger charge is 2.58. The van der Waals surface area contributed by atoms with Gasteiger partial charge in [0.2, 0.25) is 0 Å². The third-order valence-corrected chi connectivity index (χ3v) is 14.4. The molecule has 1 amide bonds. The summed E-state index contributed by atoms with van der Waals surface area (Å²) in [6, 6.07) is 17.4. The highest BCUT2D eigenvalue weighted by Crippen LogP contribution is 2.48. The Balaban J connectivity index is 0.995. The Morgan fingerprint density at radius 2 is 1.36 bits per heavy atom. The third kappa shape index (κ3) is 11.1. The van der Waals surface area contributed by atoms with Gasteiger partial charge in [0, 0.05) is 29.3 Å². The molecule has 0 unspecified atom stereocenters. The number of phenols is 3. The molecule has 9 rings (SSSR count). The van der Waals surface area contributed by atoms with Crippen LogP contribution in [-0.2, 0) is 48.4 Å². The number of aliphatic hydroxyl groups excluding tert-OH is 9. The zero-order chi connectivity index (χ0) is 58.4. The van der Waals surface area contributed by atoms with Crippen LogP contribution in [0.25, 0.3) is 28.4 Å². The second-order valence-corrected chi connectivity index (χ2v) is 19.5. The maximum Gasteiger partial charge on any atom is 0.330 e. The number of rotatable bonds is 16. The van der Waals surface area contributed by atoms with E-state index in [-0.39, 0.29) is 45.6 Å². The number of carbonyl (C=O) groups is 3. The van der Waals surface area contributed by atoms with Crippen molar-refractivity contribution < 1.29 is 123 Å². The number of hydrogen-bond donors (Lipinski definition) is 13. The summed E-state index contributed by atoms with van der Waals surface area (Å²) >= 11 is 0. The molecular formula is C54H57NO26. The van der Waals surface area contributed by atoms with Gasteiger partial charge in [-0.05, 0) is 54.1 Å². The molecule has 4 aliphatic heterocycles. The second-order valence-electron chi connectivity index (χ2n) is 19.5. The average molecular weight is 1140 g/mol. The van der Waals surface area contributed by atoms with Crippen molar-refractivity contribution in [3.8, 4) is 40.1 Å². The number of fused-ring (bicyclic) bond motifs is 2. The molecule has 0 bridgehead atoms. The van der Waals surface area contributed by atoms with Crippen LogP contribution in [0.1, 0.15) is 29.2 Å². The van der Waals surface area contributed by atoms with E-state index in [2.05, 4.69) is 0 Å². The second kappa shape index (κ2) is 23.6. The fourth-order valence-corrected chi connectivity index (χ4v) is 10.1. The molecule has 5 heterocycles. The van der Waals surface area contributed by atoms with Crippen molar-refractivity contribution in [1.82, 2.24) is 0 Å². The molecule has 0 aliphatic carbocycles. The fourth-order valence-electron chi connectivity index (χ4n) is 10.1. The van der Waals surface area contributed by atoms with Gasteiger partial charge in [0.25, 0.3) is 5.91 Å². The van der Waals surface area contributed by atoms with E-state index in [1.807, 2.05) is 0 Å². The van der Waals surface area contributed by atoms with Crippen LogP contribution in [0.4, 0.5) is 5.69 Å². The van der Waals surface area contributed by atoms with Crippen LogP contribution < -0.4 is 19.8 Å². The number of aliphatic hydroxyl groups is 10. The zero-order valence-electron chi connectivity index (χ0n) is 42.7. The van der Waals surface area contributed by atoms with Crippen LogP contribution in [-0.4, -0.2) is 204 Å². The Hall–Kier alpha value is -7.32. The van der Waals surface area contributed by atoms with Gasteiger partial charge in [-0.1, -0.05) is 24.3 Å². The minimum absolute atomic E-state index is 0.00950. The van der Waals surface area contributed by atoms with Gasteiger partial charge in [-0.2, -0.15) is 0 Å². The number of aromatic hydroxyl groups is 3. The van der Waals surface area contributed by atoms with Gasteiger partial charge in [0.1, 0.15) is 127 Å². The van der Waals surface area contributed by atoms with E-state index < -0.39 is 164 Å². The molecule has 16 atom stereocenters. The Morgan fingerprint density at radius 3 is 2.06 bits per heavy atom. The average Bonchev–Trinajstić information content (AvgIpc) is 2.75. The molecular weight excluding hydrogens is 1080 g/mol. The smallest absolute Gasteiger partial charge is 0.330 e. The lowest BCUT2D eigenvalue weighted by atomic mass is 9.89. The van der Waals surface area contributed by atoms with E-state index in [0.717, 1.165) is 30.2 Å². The molecule has 3 fully saturated rings. The van der Waals surface area contributed by atoms with Crippen molar-refractivity contribution in [3.63, 3.8) is 0 Å². The normalized spacial score (nSPS) is 31.2. The Bertz CT molecular complexity index is 3220. The maximum absolute atomic E-state index is 14.2. The van der Waals surface area contributed by atoms with E-state index in [1.165, 1.54) is 79.9 Å². The largest absolute Gasteiger partial charge is 0.508 e. The maximum atomic E-state index is 14.2. The first kappa shape index (κ1) is 58.3. The van der Waals surface area contributed by atoms with Gasteiger partial charge < -0.3 is 109 Å². The first-order valence-electron chi connectivity index (χ1n) is 25.0. The minimum atomic E-state index is -2.76. The van der Waals surface area contributed by atoms with Crippen molar-refractivity contribution in [2.45, 2.75) is 104 Å². The molecule has 0 radical (unpaired) electrons. The summed E-state index contributed by atoms with van der Waals surface area (Å²) in [4.78, 5) is 55.5. The lowest BCUT2D eigenvalue weighted by molar-refractivity contribution is -0.343. The molecule has 4 aromatic carbocycles. The van der Waals surface area contributed by atoms with Crippen LogP contribution in [0.15, 0.2) is 94.2 Å². The number of hydrogen-bond acceptors (Lipinski definition) is 26. The number of carbonyl (C=O) groups excluding carboxylic acids is 3. The first-order valence-corrected chi connectivity index (χ1v) is 25.0. The number of benzene rings is 4. The van der Waals surface area contributed by atoms with Crippen LogP contribution in [0, 0.1) is 0 Å². The highest BCUT2D eigenvalue weighted by atomic mass is 16.7. The summed E-state index contributed by atoms with van der Waals surface area (Å²) in [6.07, 6.45) is -28.1. The van der Waals surface area contributed by atoms with Gasteiger partial charge in [-0.15, -0.1) is 0 Å². The predicted molar refractivity (Wildman–Crippen MR) is 271 cm³/mol. The summed E-state index contributed by atoms with van der Waals surface area (Å²) in [5.41, 5.74) is -3.88. The molecule has 5 aromatic rings. The highest BCUT2D eigenvalue weighted by molar-refractivity contribution is 6.08. The summed E-state index contributed by atoms with van der Waals surface area (Å²) in [6.45, 7) is -2.64. The van der Waals surface area contributed by atoms with Gasteiger partial charge >= 0.3 is 11.9 Å². The van der Waals surface area contributed by atoms with Crippen LogP contribution in [0.3, 0.4) is 0 Å². The van der Waals surface area contributed by atoms with Crippen molar-refractivity contribution in [2.24, 2.45) is 0 Å². The third-order valence-electron chi connectivity index (χ3n) is 14.4. The Labute approximate surface area is 457 Å². The quantitative estimate of drug-likeness (QED) is 0.0382. The van der Waals surface area contributed by atoms with Crippen LogP contribution in [0.5, 0.6) is 28.7 Å². The van der Waals surface area contributed by atoms with Crippen LogP contribution >= 0.6 is 0 Å². The molecule has 1 aromatic heterocycles. The predicted octanol–water partition coefficient (Wildman–Crippen LogP) is -1.83. The van der Waals surface area contributed by atoms with E-state index in [0.29, 0.717) is 11.1 Å². The lowest BCUT2D eigenvalue weighted by Crippen LogP contribution is -2.64. The number of nitrogens with zero attached hydrogens (tertiary/aromatic N) is 1. The standard InChI is InChI=1S/C54H57NO26/c1-73-30-15-22(7-13-27(30)58)8-14-36(60)75-21-35-41(63)45(67)48(70)52(80-35)81-50-46(68)42(64)34(78-49(50)39-31(74-2)17-32-38(43(39)65)28(59)16-29(77-32)23-9-11-24(57)12-10-23)20-76-37(61)18-54(72)25-5-3-4-6-26(25)55(53(54)71)51-47(69)44(66)40(62)33(19-56)79-51/h3-17,33-35,40-42,44-52,56-58,62-70,72H,18-21H2,1-2H3/b14-8+/t33-,34-,35-,40-,41-,42-,44+,45+,46+,47-,48-,49+,50-,51-,52+,54+/m1/s1. The first-order chi connectivity index (χ1) is 38.6.